The van der Waals surface area contributed by atoms with E-state index < -0.39 is 0 Å². The van der Waals surface area contributed by atoms with Gasteiger partial charge in [-0.15, -0.1) is 21.5 Å². The average molecular weight is 381 g/mol. The van der Waals surface area contributed by atoms with E-state index in [2.05, 4.69) is 36.4 Å². The predicted molar refractivity (Wildman–Crippen MR) is 86.8 cm³/mol. The number of carbonyl (C=O) groups is 1. The number of hydrogen-bond acceptors (Lipinski definition) is 6. The summed E-state index contributed by atoms with van der Waals surface area (Å²) in [5, 5.41) is 11.5. The lowest BCUT2D eigenvalue weighted by molar-refractivity contribution is -0.120. The van der Waals surface area contributed by atoms with Gasteiger partial charge in [0, 0.05) is 11.0 Å². The highest BCUT2D eigenvalue weighted by Gasteiger charge is 2.13. The van der Waals surface area contributed by atoms with Crippen molar-refractivity contribution in [1.82, 2.24) is 20.5 Å². The Morgan fingerprint density at radius 3 is 3.00 bits per heavy atom. The number of nitrogens with zero attached hydrogens (tertiary/aromatic N) is 3. The molecule has 0 saturated carbocycles. The molecular formula is C14H13BrN4O2S. The van der Waals surface area contributed by atoms with Crippen LogP contribution in [0.2, 0.25) is 0 Å². The number of rotatable bonds is 5. The summed E-state index contributed by atoms with van der Waals surface area (Å²) in [5.41, 5.74) is 0.941. The monoisotopic (exact) mass is 380 g/mol. The molecule has 2 heterocycles. The Kier molecular flexibility index (Phi) is 4.49. The lowest BCUT2D eigenvalue weighted by Gasteiger charge is -1.96. The van der Waals surface area contributed by atoms with E-state index >= 15 is 0 Å². The lowest BCUT2D eigenvalue weighted by atomic mass is 10.3. The Hall–Kier alpha value is -1.80. The van der Waals surface area contributed by atoms with Crippen molar-refractivity contribution < 1.29 is 9.21 Å². The Labute approximate surface area is 139 Å². The number of hydrogen-bond donors (Lipinski definition) is 1. The van der Waals surface area contributed by atoms with Crippen LogP contribution in [-0.4, -0.2) is 27.6 Å². The summed E-state index contributed by atoms with van der Waals surface area (Å²) < 4.78 is 7.61. The number of aromatic nitrogens is 3. The van der Waals surface area contributed by atoms with Gasteiger partial charge in [0.15, 0.2) is 0 Å². The molecule has 0 aliphatic rings. The molecule has 22 heavy (non-hydrogen) atoms. The number of carbonyl (C=O) groups excluding carboxylic acids is 1. The van der Waals surface area contributed by atoms with Gasteiger partial charge in [-0.05, 0) is 25.1 Å². The van der Waals surface area contributed by atoms with Crippen LogP contribution in [-0.2, 0) is 17.6 Å². The van der Waals surface area contributed by atoms with Crippen molar-refractivity contribution in [3.05, 3.63) is 39.5 Å². The highest BCUT2D eigenvalue weighted by atomic mass is 79.9. The molecule has 3 aromatic rings. The molecule has 6 nitrogen and oxygen atoms in total. The quantitative estimate of drug-likeness (QED) is 0.735. The van der Waals surface area contributed by atoms with Crippen molar-refractivity contribution in [3.63, 3.8) is 0 Å². The van der Waals surface area contributed by atoms with Gasteiger partial charge in [0.05, 0.1) is 16.6 Å². The maximum absolute atomic E-state index is 11.5. The molecule has 1 amide bonds. The van der Waals surface area contributed by atoms with E-state index in [0.29, 0.717) is 24.7 Å². The zero-order valence-corrected chi connectivity index (χ0v) is 14.2. The number of nitrogens with one attached hydrogen (secondary N) is 1. The van der Waals surface area contributed by atoms with Crippen LogP contribution in [0.15, 0.2) is 27.1 Å². The number of likely N-dealkylation sites (N-methyl/N-ethyl adjacent to an activating group) is 1. The zero-order valence-electron chi connectivity index (χ0n) is 11.8. The minimum absolute atomic E-state index is 0.105. The minimum Gasteiger partial charge on any atom is -0.424 e. The van der Waals surface area contributed by atoms with E-state index in [1.807, 2.05) is 25.1 Å². The second kappa shape index (κ2) is 6.53. The highest BCUT2D eigenvalue weighted by Crippen LogP contribution is 2.26. The van der Waals surface area contributed by atoms with E-state index in [0.717, 1.165) is 19.7 Å². The Balaban J connectivity index is 1.72. The minimum atomic E-state index is -0.123. The van der Waals surface area contributed by atoms with E-state index in [1.54, 1.807) is 11.3 Å². The molecule has 0 unspecified atom stereocenters. The molecule has 1 aromatic carbocycles. The zero-order chi connectivity index (χ0) is 15.5. The molecule has 0 radical (unpaired) electrons. The summed E-state index contributed by atoms with van der Waals surface area (Å²) in [6, 6.07) is 5.99. The standard InChI is InChI=1S/C14H13BrN4O2S/c1-2-16-11(20)6-12-18-19-13(21-12)7-14-17-9-5-8(15)3-4-10(9)22-14/h3-5H,2,6-7H2,1H3,(H,16,20). The van der Waals surface area contributed by atoms with Crippen molar-refractivity contribution in [2.45, 2.75) is 19.8 Å². The van der Waals surface area contributed by atoms with Gasteiger partial charge < -0.3 is 9.73 Å². The maximum atomic E-state index is 11.5. The van der Waals surface area contributed by atoms with Crippen LogP contribution >= 0.6 is 27.3 Å². The maximum Gasteiger partial charge on any atom is 0.229 e. The van der Waals surface area contributed by atoms with Crippen molar-refractivity contribution in [1.29, 1.82) is 0 Å². The second-order valence-corrected chi connectivity index (χ2v) is 6.65. The number of benzene rings is 1. The van der Waals surface area contributed by atoms with E-state index in [9.17, 15) is 4.79 Å². The number of thiazole rings is 1. The van der Waals surface area contributed by atoms with Crippen molar-refractivity contribution in [3.8, 4) is 0 Å². The van der Waals surface area contributed by atoms with E-state index in [-0.39, 0.29) is 12.3 Å². The number of halogens is 1. The first-order valence-corrected chi connectivity index (χ1v) is 8.38. The Bertz CT molecular complexity index is 814. The SMILES string of the molecule is CCNC(=O)Cc1nnc(Cc2nc3cc(Br)ccc3s2)o1. The summed E-state index contributed by atoms with van der Waals surface area (Å²) in [4.78, 5) is 16.0. The van der Waals surface area contributed by atoms with E-state index in [4.69, 9.17) is 4.42 Å². The lowest BCUT2D eigenvalue weighted by Crippen LogP contribution is -2.24. The van der Waals surface area contributed by atoms with Gasteiger partial charge in [-0.3, -0.25) is 4.79 Å². The van der Waals surface area contributed by atoms with Crippen LogP contribution in [0.25, 0.3) is 10.2 Å². The van der Waals surface area contributed by atoms with Gasteiger partial charge in [0.25, 0.3) is 0 Å². The first-order valence-electron chi connectivity index (χ1n) is 6.77. The third kappa shape index (κ3) is 3.50. The van der Waals surface area contributed by atoms with Crippen molar-refractivity contribution in [2.24, 2.45) is 0 Å². The molecule has 2 aromatic heterocycles. The largest absolute Gasteiger partial charge is 0.424 e. The fourth-order valence-corrected chi connectivity index (χ4v) is 3.27. The number of amides is 1. The van der Waals surface area contributed by atoms with Gasteiger partial charge in [-0.1, -0.05) is 15.9 Å². The fourth-order valence-electron chi connectivity index (χ4n) is 1.98. The first kappa shape index (κ1) is 15.1. The van der Waals surface area contributed by atoms with Gasteiger partial charge in [0.2, 0.25) is 17.7 Å². The molecule has 8 heteroatoms. The van der Waals surface area contributed by atoms with Crippen LogP contribution < -0.4 is 5.32 Å². The summed E-state index contributed by atoms with van der Waals surface area (Å²) in [7, 11) is 0. The molecule has 0 atom stereocenters. The molecule has 0 bridgehead atoms. The highest BCUT2D eigenvalue weighted by molar-refractivity contribution is 9.10. The molecule has 3 rings (SSSR count). The first-order chi connectivity index (χ1) is 10.6. The molecule has 1 N–H and O–H groups in total. The number of fused-ring (bicyclic) bond motifs is 1. The molecule has 114 valence electrons. The summed E-state index contributed by atoms with van der Waals surface area (Å²) in [5.74, 6) is 0.671. The van der Waals surface area contributed by atoms with Gasteiger partial charge in [0.1, 0.15) is 11.4 Å². The van der Waals surface area contributed by atoms with Crippen LogP contribution in [0, 0.1) is 0 Å². The predicted octanol–water partition coefficient (Wildman–Crippen LogP) is 2.71. The second-order valence-electron chi connectivity index (χ2n) is 4.62. The van der Waals surface area contributed by atoms with Gasteiger partial charge in [-0.25, -0.2) is 4.98 Å². The Morgan fingerprint density at radius 2 is 2.18 bits per heavy atom. The smallest absolute Gasteiger partial charge is 0.229 e. The molecule has 0 aliphatic carbocycles. The van der Waals surface area contributed by atoms with E-state index in [1.165, 1.54) is 0 Å². The summed E-state index contributed by atoms with van der Waals surface area (Å²) >= 11 is 5.03. The van der Waals surface area contributed by atoms with Crippen LogP contribution in [0.3, 0.4) is 0 Å². The molecule has 0 saturated heterocycles. The molecular weight excluding hydrogens is 368 g/mol. The molecule has 0 fully saturated rings. The fraction of sp³-hybridized carbons (Fsp3) is 0.286. The summed E-state index contributed by atoms with van der Waals surface area (Å²) in [6.45, 7) is 2.45. The van der Waals surface area contributed by atoms with Crippen LogP contribution in [0.1, 0.15) is 23.7 Å². The molecule has 0 aliphatic heterocycles. The summed E-state index contributed by atoms with van der Waals surface area (Å²) in [6.07, 6.45) is 0.576. The third-order valence-electron chi connectivity index (χ3n) is 2.89. The third-order valence-corrected chi connectivity index (χ3v) is 4.42. The van der Waals surface area contributed by atoms with Crippen molar-refractivity contribution >= 4 is 43.4 Å². The topological polar surface area (TPSA) is 80.9 Å². The van der Waals surface area contributed by atoms with Crippen molar-refractivity contribution in [2.75, 3.05) is 6.54 Å². The van der Waals surface area contributed by atoms with Gasteiger partial charge >= 0.3 is 0 Å². The van der Waals surface area contributed by atoms with Crippen LogP contribution in [0.5, 0.6) is 0 Å². The van der Waals surface area contributed by atoms with Gasteiger partial charge in [-0.2, -0.15) is 0 Å². The average Bonchev–Trinajstić information content (AvgIpc) is 3.05. The normalized spacial score (nSPS) is 11.0. The molecule has 0 spiro atoms. The Morgan fingerprint density at radius 1 is 1.36 bits per heavy atom. The van der Waals surface area contributed by atoms with Crippen LogP contribution in [0.4, 0.5) is 0 Å².